The van der Waals surface area contributed by atoms with E-state index in [4.69, 9.17) is 5.21 Å². The molecule has 0 bridgehead atoms. The molecule has 0 unspecified atom stereocenters. The van der Waals surface area contributed by atoms with E-state index in [1.54, 1.807) is 0 Å². The summed E-state index contributed by atoms with van der Waals surface area (Å²) in [6.07, 6.45) is 3.32. The third-order valence-corrected chi connectivity index (χ3v) is 3.31. The SMILES string of the molecule is C[C@H]1C[C@H](C(C)(C)C)CCC1=NO. The zero-order chi connectivity index (χ0) is 10.1. The first-order chi connectivity index (χ1) is 5.95. The van der Waals surface area contributed by atoms with Gasteiger partial charge in [0.25, 0.3) is 0 Å². The van der Waals surface area contributed by atoms with Crippen molar-refractivity contribution in [2.24, 2.45) is 22.4 Å². The van der Waals surface area contributed by atoms with E-state index in [9.17, 15) is 0 Å². The minimum absolute atomic E-state index is 0.398. The Morgan fingerprint density at radius 2 is 2.00 bits per heavy atom. The molecule has 1 rings (SSSR count). The summed E-state index contributed by atoms with van der Waals surface area (Å²) >= 11 is 0. The second-order valence-corrected chi connectivity index (χ2v) is 5.33. The first kappa shape index (κ1) is 10.6. The van der Waals surface area contributed by atoms with Gasteiger partial charge in [-0.2, -0.15) is 0 Å². The average Bonchev–Trinajstić information content (AvgIpc) is 2.02. The second kappa shape index (κ2) is 3.69. The number of nitrogens with zero attached hydrogens (tertiary/aromatic N) is 1. The smallest absolute Gasteiger partial charge is 0.0599 e. The van der Waals surface area contributed by atoms with E-state index < -0.39 is 0 Å². The van der Waals surface area contributed by atoms with Crippen molar-refractivity contribution in [2.75, 3.05) is 0 Å². The van der Waals surface area contributed by atoms with Crippen molar-refractivity contribution in [2.45, 2.75) is 47.0 Å². The van der Waals surface area contributed by atoms with Gasteiger partial charge in [-0.05, 0) is 36.5 Å². The van der Waals surface area contributed by atoms with Gasteiger partial charge in [-0.15, -0.1) is 0 Å². The summed E-state index contributed by atoms with van der Waals surface area (Å²) in [5.74, 6) is 1.23. The number of hydrogen-bond donors (Lipinski definition) is 1. The molecule has 1 aliphatic rings. The molecule has 2 nitrogen and oxygen atoms in total. The van der Waals surface area contributed by atoms with E-state index in [1.807, 2.05) is 0 Å². The lowest BCUT2D eigenvalue weighted by atomic mass is 9.69. The molecule has 2 atom stereocenters. The van der Waals surface area contributed by atoms with Crippen molar-refractivity contribution in [1.82, 2.24) is 0 Å². The highest BCUT2D eigenvalue weighted by Gasteiger charge is 2.31. The minimum Gasteiger partial charge on any atom is -0.411 e. The van der Waals surface area contributed by atoms with Crippen molar-refractivity contribution in [3.63, 3.8) is 0 Å². The Labute approximate surface area is 81.0 Å². The molecule has 0 amide bonds. The zero-order valence-corrected chi connectivity index (χ0v) is 9.17. The molecule has 1 N–H and O–H groups in total. The number of oxime groups is 1. The van der Waals surface area contributed by atoms with E-state index >= 15 is 0 Å². The summed E-state index contributed by atoms with van der Waals surface area (Å²) in [4.78, 5) is 0. The van der Waals surface area contributed by atoms with E-state index in [0.29, 0.717) is 11.3 Å². The molecule has 1 aliphatic carbocycles. The van der Waals surface area contributed by atoms with Crippen LogP contribution >= 0.6 is 0 Å². The van der Waals surface area contributed by atoms with Gasteiger partial charge in [0.2, 0.25) is 0 Å². The van der Waals surface area contributed by atoms with Gasteiger partial charge >= 0.3 is 0 Å². The minimum atomic E-state index is 0.398. The van der Waals surface area contributed by atoms with Gasteiger partial charge < -0.3 is 5.21 Å². The second-order valence-electron chi connectivity index (χ2n) is 5.33. The maximum atomic E-state index is 8.74. The van der Waals surface area contributed by atoms with E-state index in [0.717, 1.165) is 18.1 Å². The summed E-state index contributed by atoms with van der Waals surface area (Å²) in [7, 11) is 0. The predicted octanol–water partition coefficient (Wildman–Crippen LogP) is 3.30. The Morgan fingerprint density at radius 1 is 1.38 bits per heavy atom. The van der Waals surface area contributed by atoms with Crippen molar-refractivity contribution in [3.05, 3.63) is 0 Å². The fourth-order valence-corrected chi connectivity index (χ4v) is 2.18. The molecule has 1 saturated carbocycles. The summed E-state index contributed by atoms with van der Waals surface area (Å²) in [5.41, 5.74) is 1.38. The molecule has 0 heterocycles. The fraction of sp³-hybridized carbons (Fsp3) is 0.909. The lowest BCUT2D eigenvalue weighted by Gasteiger charge is -2.36. The van der Waals surface area contributed by atoms with Crippen molar-refractivity contribution in [3.8, 4) is 0 Å². The quantitative estimate of drug-likeness (QED) is 0.453. The Kier molecular flexibility index (Phi) is 2.99. The predicted molar refractivity (Wildman–Crippen MR) is 55.2 cm³/mol. The molecule has 2 heteroatoms. The van der Waals surface area contributed by atoms with E-state index in [2.05, 4.69) is 32.9 Å². The number of hydrogen-bond acceptors (Lipinski definition) is 2. The summed E-state index contributed by atoms with van der Waals surface area (Å²) in [5, 5.41) is 12.1. The van der Waals surface area contributed by atoms with Crippen LogP contribution in [0.1, 0.15) is 47.0 Å². The van der Waals surface area contributed by atoms with Gasteiger partial charge in [-0.1, -0.05) is 32.9 Å². The molecule has 76 valence electrons. The molecule has 1 fully saturated rings. The molecular formula is C11H21NO. The van der Waals surface area contributed by atoms with Crippen molar-refractivity contribution in [1.29, 1.82) is 0 Å². The topological polar surface area (TPSA) is 32.6 Å². The Morgan fingerprint density at radius 3 is 2.38 bits per heavy atom. The third-order valence-electron chi connectivity index (χ3n) is 3.31. The maximum Gasteiger partial charge on any atom is 0.0599 e. The molecule has 0 aromatic rings. The highest BCUT2D eigenvalue weighted by atomic mass is 16.4. The first-order valence-electron chi connectivity index (χ1n) is 5.16. The van der Waals surface area contributed by atoms with Crippen LogP contribution < -0.4 is 0 Å². The van der Waals surface area contributed by atoms with E-state index in [1.165, 1.54) is 12.8 Å². The normalized spacial score (nSPS) is 33.7. The third kappa shape index (κ3) is 2.45. The van der Waals surface area contributed by atoms with Gasteiger partial charge in [0.1, 0.15) is 0 Å². The summed E-state index contributed by atoms with van der Waals surface area (Å²) in [6, 6.07) is 0. The molecule has 0 spiro atoms. The Balaban J connectivity index is 2.61. The lowest BCUT2D eigenvalue weighted by Crippen LogP contribution is -2.30. The highest BCUT2D eigenvalue weighted by molar-refractivity contribution is 5.86. The van der Waals surface area contributed by atoms with Gasteiger partial charge in [0.15, 0.2) is 0 Å². The van der Waals surface area contributed by atoms with Crippen LogP contribution in [0.25, 0.3) is 0 Å². The standard InChI is InChI=1S/C11H21NO/c1-8-7-9(11(2,3)4)5-6-10(8)12-13/h8-9,13H,5-7H2,1-4H3/t8-,9+/m0/s1. The summed E-state index contributed by atoms with van der Waals surface area (Å²) < 4.78 is 0. The van der Waals surface area contributed by atoms with Gasteiger partial charge in [-0.25, -0.2) is 0 Å². The largest absolute Gasteiger partial charge is 0.411 e. The highest BCUT2D eigenvalue weighted by Crippen LogP contribution is 2.38. The van der Waals surface area contributed by atoms with Crippen molar-refractivity contribution >= 4 is 5.71 Å². The van der Waals surface area contributed by atoms with Crippen LogP contribution in [0, 0.1) is 17.3 Å². The fourth-order valence-electron chi connectivity index (χ4n) is 2.18. The Bertz CT molecular complexity index is 203. The molecule has 13 heavy (non-hydrogen) atoms. The van der Waals surface area contributed by atoms with Gasteiger partial charge in [0, 0.05) is 0 Å². The van der Waals surface area contributed by atoms with Crippen LogP contribution in [-0.4, -0.2) is 10.9 Å². The monoisotopic (exact) mass is 183 g/mol. The van der Waals surface area contributed by atoms with Crippen LogP contribution in [0.2, 0.25) is 0 Å². The van der Waals surface area contributed by atoms with Gasteiger partial charge in [0.05, 0.1) is 5.71 Å². The molecule has 0 radical (unpaired) electrons. The van der Waals surface area contributed by atoms with Crippen molar-refractivity contribution < 1.29 is 5.21 Å². The lowest BCUT2D eigenvalue weighted by molar-refractivity contribution is 0.186. The van der Waals surface area contributed by atoms with E-state index in [-0.39, 0.29) is 0 Å². The average molecular weight is 183 g/mol. The maximum absolute atomic E-state index is 8.74. The summed E-state index contributed by atoms with van der Waals surface area (Å²) in [6.45, 7) is 9.05. The Hall–Kier alpha value is -0.530. The number of rotatable bonds is 0. The molecule has 0 saturated heterocycles. The first-order valence-corrected chi connectivity index (χ1v) is 5.16. The zero-order valence-electron chi connectivity index (χ0n) is 9.17. The van der Waals surface area contributed by atoms with Crippen LogP contribution in [0.15, 0.2) is 5.16 Å². The van der Waals surface area contributed by atoms with Crippen LogP contribution in [0.4, 0.5) is 0 Å². The molecule has 0 aromatic carbocycles. The molecule has 0 aliphatic heterocycles. The van der Waals surface area contributed by atoms with Crippen LogP contribution in [0.3, 0.4) is 0 Å². The van der Waals surface area contributed by atoms with Crippen LogP contribution in [-0.2, 0) is 0 Å². The van der Waals surface area contributed by atoms with Gasteiger partial charge in [-0.3, -0.25) is 0 Å². The molecule has 0 aromatic heterocycles. The molecular weight excluding hydrogens is 162 g/mol. The van der Waals surface area contributed by atoms with Crippen LogP contribution in [0.5, 0.6) is 0 Å².